The van der Waals surface area contributed by atoms with Gasteiger partial charge in [0.15, 0.2) is 11.6 Å². The summed E-state index contributed by atoms with van der Waals surface area (Å²) < 4.78 is 34.3. The first kappa shape index (κ1) is 30.0. The third-order valence-electron chi connectivity index (χ3n) is 9.46. The number of ether oxygens (including phenoxy) is 1. The van der Waals surface area contributed by atoms with Gasteiger partial charge in [-0.25, -0.2) is 8.78 Å². The van der Waals surface area contributed by atoms with Crippen LogP contribution in [0.15, 0.2) is 42.5 Å². The Kier molecular flexibility index (Phi) is 9.97. The average Bonchev–Trinajstić information content (AvgIpc) is 2.98. The maximum atomic E-state index is 14.5. The zero-order valence-corrected chi connectivity index (χ0v) is 24.9. The molecule has 1 atom stereocenters. The van der Waals surface area contributed by atoms with Gasteiger partial charge in [-0.2, -0.15) is 0 Å². The lowest BCUT2D eigenvalue weighted by molar-refractivity contribution is -0.132. The lowest BCUT2D eigenvalue weighted by Crippen LogP contribution is -2.51. The minimum atomic E-state index is -0.823. The number of hydrogen-bond acceptors (Lipinski definition) is 4. The number of rotatable bonds is 9. The Hall–Kier alpha value is -2.51. The van der Waals surface area contributed by atoms with Crippen molar-refractivity contribution in [1.82, 2.24) is 14.7 Å². The first-order chi connectivity index (χ1) is 19.8. The summed E-state index contributed by atoms with van der Waals surface area (Å²) in [4.78, 5) is 20.8. The minimum absolute atomic E-state index is 0.0651. The van der Waals surface area contributed by atoms with Crippen molar-refractivity contribution in [2.45, 2.75) is 89.2 Å². The molecule has 0 radical (unpaired) electrons. The fraction of sp³-hybridized carbons (Fsp3) is 0.618. The van der Waals surface area contributed by atoms with Gasteiger partial charge in [0.25, 0.3) is 0 Å². The van der Waals surface area contributed by atoms with Gasteiger partial charge < -0.3 is 19.4 Å². The molecule has 5 nitrogen and oxygen atoms in total. The van der Waals surface area contributed by atoms with Crippen LogP contribution in [-0.4, -0.2) is 78.6 Å². The SMILES string of the molecule is CC(C)Oc1cccc(CC(=O)N2CCC[C@](CCN3CCC(N4CCCCC4)CC3)(c3ccc(F)c(F)c3)C2)c1. The van der Waals surface area contributed by atoms with Crippen LogP contribution in [0.5, 0.6) is 5.75 Å². The summed E-state index contributed by atoms with van der Waals surface area (Å²) in [6.45, 7) is 10.7. The van der Waals surface area contributed by atoms with Crippen LogP contribution in [0.25, 0.3) is 0 Å². The first-order valence-electron chi connectivity index (χ1n) is 15.8. The highest BCUT2D eigenvalue weighted by Gasteiger charge is 2.39. The fourth-order valence-electron chi connectivity index (χ4n) is 7.21. The molecule has 0 aliphatic carbocycles. The van der Waals surface area contributed by atoms with E-state index in [0.717, 1.165) is 55.8 Å². The number of nitrogens with zero attached hydrogens (tertiary/aromatic N) is 3. The highest BCUT2D eigenvalue weighted by atomic mass is 19.2. The van der Waals surface area contributed by atoms with Crippen molar-refractivity contribution < 1.29 is 18.3 Å². The Morgan fingerprint density at radius 2 is 1.73 bits per heavy atom. The fourth-order valence-corrected chi connectivity index (χ4v) is 7.21. The summed E-state index contributed by atoms with van der Waals surface area (Å²) in [5.41, 5.74) is 1.34. The molecule has 3 heterocycles. The van der Waals surface area contributed by atoms with Crippen molar-refractivity contribution in [1.29, 1.82) is 0 Å². The zero-order valence-electron chi connectivity index (χ0n) is 24.9. The molecular weight excluding hydrogens is 520 g/mol. The summed E-state index contributed by atoms with van der Waals surface area (Å²) in [6.07, 6.45) is 9.30. The topological polar surface area (TPSA) is 36.0 Å². The summed E-state index contributed by atoms with van der Waals surface area (Å²) in [7, 11) is 0. The second-order valence-electron chi connectivity index (χ2n) is 12.7. The largest absolute Gasteiger partial charge is 0.491 e. The van der Waals surface area contributed by atoms with Crippen LogP contribution in [0.2, 0.25) is 0 Å². The van der Waals surface area contributed by atoms with E-state index < -0.39 is 17.0 Å². The van der Waals surface area contributed by atoms with Crippen LogP contribution < -0.4 is 4.74 Å². The van der Waals surface area contributed by atoms with E-state index in [1.165, 1.54) is 57.3 Å². The molecule has 0 aromatic heterocycles. The molecule has 7 heteroatoms. The Balaban J connectivity index is 1.27. The van der Waals surface area contributed by atoms with Gasteiger partial charge >= 0.3 is 0 Å². The standard InChI is InChI=1S/C34H47F2N3O2/c1-26(2)41-30-9-6-8-27(22-30)23-33(40)39-18-7-14-34(25-39,28-10-11-31(35)32(36)24-28)15-21-37-19-12-29(13-20-37)38-16-4-3-5-17-38/h6,8-11,22,24,26,29H,3-5,7,12-21,23,25H2,1-2H3/t34-/m1/s1. The predicted molar refractivity (Wildman–Crippen MR) is 159 cm³/mol. The van der Waals surface area contributed by atoms with E-state index >= 15 is 0 Å². The molecule has 3 aliphatic rings. The molecule has 5 rings (SSSR count). The van der Waals surface area contributed by atoms with Crippen LogP contribution >= 0.6 is 0 Å². The highest BCUT2D eigenvalue weighted by Crippen LogP contribution is 2.39. The Bertz CT molecular complexity index is 1160. The van der Waals surface area contributed by atoms with E-state index in [1.807, 2.05) is 43.0 Å². The van der Waals surface area contributed by atoms with Gasteiger partial charge in [-0.05, 0) is 127 Å². The highest BCUT2D eigenvalue weighted by molar-refractivity contribution is 5.79. The Labute approximate surface area is 244 Å². The average molecular weight is 568 g/mol. The third kappa shape index (κ3) is 7.66. The second kappa shape index (κ2) is 13.6. The molecule has 224 valence electrons. The van der Waals surface area contributed by atoms with Crippen LogP contribution in [0.3, 0.4) is 0 Å². The number of carbonyl (C=O) groups is 1. The molecule has 3 fully saturated rings. The number of halogens is 2. The van der Waals surface area contributed by atoms with E-state index in [4.69, 9.17) is 4.74 Å². The van der Waals surface area contributed by atoms with Crippen LogP contribution in [-0.2, 0) is 16.6 Å². The summed E-state index contributed by atoms with van der Waals surface area (Å²) in [6, 6.07) is 12.8. The monoisotopic (exact) mass is 567 g/mol. The molecule has 0 spiro atoms. The maximum absolute atomic E-state index is 14.5. The lowest BCUT2D eigenvalue weighted by atomic mass is 9.71. The van der Waals surface area contributed by atoms with Crippen LogP contribution in [0.1, 0.15) is 76.3 Å². The van der Waals surface area contributed by atoms with E-state index in [1.54, 1.807) is 6.07 Å². The molecule has 0 unspecified atom stereocenters. The van der Waals surface area contributed by atoms with Crippen molar-refractivity contribution >= 4 is 5.91 Å². The molecule has 3 aliphatic heterocycles. The predicted octanol–water partition coefficient (Wildman–Crippen LogP) is 6.20. The van der Waals surface area contributed by atoms with Gasteiger partial charge in [0, 0.05) is 24.5 Å². The first-order valence-corrected chi connectivity index (χ1v) is 15.8. The van der Waals surface area contributed by atoms with Gasteiger partial charge in [-0.1, -0.05) is 24.6 Å². The van der Waals surface area contributed by atoms with Crippen molar-refractivity contribution in [2.75, 3.05) is 45.8 Å². The van der Waals surface area contributed by atoms with Gasteiger partial charge in [-0.15, -0.1) is 0 Å². The summed E-state index contributed by atoms with van der Waals surface area (Å²) in [5, 5.41) is 0. The number of piperidine rings is 3. The van der Waals surface area contributed by atoms with Crippen LogP contribution in [0.4, 0.5) is 8.78 Å². The molecule has 0 saturated carbocycles. The molecule has 3 saturated heterocycles. The van der Waals surface area contributed by atoms with Gasteiger partial charge in [0.2, 0.25) is 5.91 Å². The molecule has 2 aromatic rings. The smallest absolute Gasteiger partial charge is 0.227 e. The summed E-state index contributed by atoms with van der Waals surface area (Å²) >= 11 is 0. The van der Waals surface area contributed by atoms with Gasteiger partial charge in [-0.3, -0.25) is 4.79 Å². The van der Waals surface area contributed by atoms with E-state index in [2.05, 4.69) is 9.80 Å². The molecule has 2 aromatic carbocycles. The van der Waals surface area contributed by atoms with E-state index in [-0.39, 0.29) is 12.0 Å². The third-order valence-corrected chi connectivity index (χ3v) is 9.46. The number of amides is 1. The van der Waals surface area contributed by atoms with Crippen LogP contribution in [0, 0.1) is 11.6 Å². The van der Waals surface area contributed by atoms with E-state index in [9.17, 15) is 13.6 Å². The number of likely N-dealkylation sites (tertiary alicyclic amines) is 3. The molecule has 0 bridgehead atoms. The number of hydrogen-bond donors (Lipinski definition) is 0. The molecule has 41 heavy (non-hydrogen) atoms. The normalized spacial score (nSPS) is 23.2. The molecular formula is C34H47F2N3O2. The van der Waals surface area contributed by atoms with Crippen molar-refractivity contribution in [2.24, 2.45) is 0 Å². The summed E-state index contributed by atoms with van der Waals surface area (Å²) in [5.74, 6) is -0.796. The van der Waals surface area contributed by atoms with Crippen molar-refractivity contribution in [3.8, 4) is 5.75 Å². The number of carbonyl (C=O) groups excluding carboxylic acids is 1. The van der Waals surface area contributed by atoms with Crippen molar-refractivity contribution in [3.63, 3.8) is 0 Å². The molecule has 1 amide bonds. The van der Waals surface area contributed by atoms with Crippen molar-refractivity contribution in [3.05, 3.63) is 65.2 Å². The zero-order chi connectivity index (χ0) is 28.8. The van der Waals surface area contributed by atoms with Gasteiger partial charge in [0.1, 0.15) is 5.75 Å². The quantitative estimate of drug-likeness (QED) is 0.362. The molecule has 0 N–H and O–H groups in total. The maximum Gasteiger partial charge on any atom is 0.227 e. The Morgan fingerprint density at radius 3 is 2.46 bits per heavy atom. The second-order valence-corrected chi connectivity index (χ2v) is 12.7. The Morgan fingerprint density at radius 1 is 0.951 bits per heavy atom. The van der Waals surface area contributed by atoms with Gasteiger partial charge in [0.05, 0.1) is 12.5 Å². The van der Waals surface area contributed by atoms with E-state index in [0.29, 0.717) is 25.6 Å². The number of benzene rings is 2. The lowest BCUT2D eigenvalue weighted by Gasteiger charge is -2.45. The minimum Gasteiger partial charge on any atom is -0.491 e.